The second-order valence-electron chi connectivity index (χ2n) is 8.71. The van der Waals surface area contributed by atoms with Gasteiger partial charge in [0.1, 0.15) is 23.3 Å². The van der Waals surface area contributed by atoms with Gasteiger partial charge in [-0.15, -0.1) is 12.4 Å². The Balaban J connectivity index is 0.00000420. The summed E-state index contributed by atoms with van der Waals surface area (Å²) in [6.07, 6.45) is 0. The molecular formula is C30H29ClN8. The molecule has 39 heavy (non-hydrogen) atoms. The van der Waals surface area contributed by atoms with Gasteiger partial charge in [0.05, 0.1) is 0 Å². The van der Waals surface area contributed by atoms with Crippen LogP contribution in [0, 0.1) is 21.6 Å². The van der Waals surface area contributed by atoms with Gasteiger partial charge < -0.3 is 22.9 Å². The van der Waals surface area contributed by atoms with Crippen molar-refractivity contribution in [1.82, 2.24) is 0 Å². The normalized spacial score (nSPS) is 10.2. The second-order valence-corrected chi connectivity index (χ2v) is 8.71. The summed E-state index contributed by atoms with van der Waals surface area (Å²) >= 11 is 0. The fourth-order valence-electron chi connectivity index (χ4n) is 4.18. The Hall–Kier alpha value is -5.21. The number of halogens is 1. The Labute approximate surface area is 232 Å². The van der Waals surface area contributed by atoms with Crippen LogP contribution in [0.5, 0.6) is 0 Å². The Morgan fingerprint density at radius 3 is 0.564 bits per heavy atom. The van der Waals surface area contributed by atoms with E-state index < -0.39 is 0 Å². The molecule has 196 valence electrons. The molecule has 0 aromatic heterocycles. The summed E-state index contributed by atoms with van der Waals surface area (Å²) in [6, 6.07) is 29.7. The number of nitrogens with one attached hydrogen (secondary N) is 4. The van der Waals surface area contributed by atoms with E-state index >= 15 is 0 Å². The zero-order valence-electron chi connectivity index (χ0n) is 21.0. The molecule has 4 aromatic rings. The SMILES string of the molecule is Cl.N=C(N)c1ccc(C(=C(c2ccc(C(=N)N)cc2)c2ccc(C(=N)N)cc2)c2ccc(C(=N)N)cc2)cc1. The van der Waals surface area contributed by atoms with Crippen molar-refractivity contribution in [2.75, 3.05) is 0 Å². The van der Waals surface area contributed by atoms with E-state index in [0.717, 1.165) is 33.4 Å². The van der Waals surface area contributed by atoms with E-state index in [1.807, 2.05) is 48.5 Å². The maximum atomic E-state index is 7.78. The van der Waals surface area contributed by atoms with Crippen molar-refractivity contribution in [2.45, 2.75) is 0 Å². The van der Waals surface area contributed by atoms with Crippen LogP contribution >= 0.6 is 12.4 Å². The van der Waals surface area contributed by atoms with Crippen molar-refractivity contribution in [2.24, 2.45) is 22.9 Å². The Bertz CT molecular complexity index is 1330. The third-order valence-corrected chi connectivity index (χ3v) is 6.19. The van der Waals surface area contributed by atoms with Gasteiger partial charge in [0.2, 0.25) is 0 Å². The zero-order chi connectivity index (χ0) is 27.4. The van der Waals surface area contributed by atoms with E-state index in [2.05, 4.69) is 0 Å². The van der Waals surface area contributed by atoms with Crippen LogP contribution in [0.25, 0.3) is 11.1 Å². The first-order valence-electron chi connectivity index (χ1n) is 11.7. The fourth-order valence-corrected chi connectivity index (χ4v) is 4.18. The Morgan fingerprint density at radius 2 is 0.436 bits per heavy atom. The van der Waals surface area contributed by atoms with Crippen molar-refractivity contribution in [1.29, 1.82) is 21.6 Å². The molecule has 8 nitrogen and oxygen atoms in total. The summed E-state index contributed by atoms with van der Waals surface area (Å²) in [5.74, 6) is -0.0824. The van der Waals surface area contributed by atoms with Gasteiger partial charge in [0, 0.05) is 22.3 Å². The second kappa shape index (κ2) is 11.9. The van der Waals surface area contributed by atoms with Gasteiger partial charge in [-0.25, -0.2) is 0 Å². The van der Waals surface area contributed by atoms with E-state index in [4.69, 9.17) is 44.6 Å². The number of nitrogen functional groups attached to an aromatic ring is 4. The van der Waals surface area contributed by atoms with Gasteiger partial charge in [-0.2, -0.15) is 0 Å². The average Bonchev–Trinajstić information content (AvgIpc) is 2.92. The molecule has 0 aliphatic heterocycles. The van der Waals surface area contributed by atoms with Crippen LogP contribution in [-0.4, -0.2) is 23.3 Å². The maximum absolute atomic E-state index is 7.78. The van der Waals surface area contributed by atoms with E-state index in [0.29, 0.717) is 22.3 Å². The van der Waals surface area contributed by atoms with Gasteiger partial charge in [-0.05, 0) is 33.4 Å². The number of hydrogen-bond acceptors (Lipinski definition) is 4. The van der Waals surface area contributed by atoms with E-state index in [1.165, 1.54) is 0 Å². The molecule has 0 saturated carbocycles. The third kappa shape index (κ3) is 6.20. The van der Waals surface area contributed by atoms with Crippen molar-refractivity contribution >= 4 is 46.9 Å². The largest absolute Gasteiger partial charge is 0.384 e. The lowest BCUT2D eigenvalue weighted by Gasteiger charge is -2.19. The number of rotatable bonds is 8. The molecule has 0 atom stereocenters. The molecule has 0 aliphatic carbocycles. The first-order valence-corrected chi connectivity index (χ1v) is 11.7. The highest BCUT2D eigenvalue weighted by Gasteiger charge is 2.17. The van der Waals surface area contributed by atoms with Gasteiger partial charge in [0.15, 0.2) is 0 Å². The third-order valence-electron chi connectivity index (χ3n) is 6.19. The monoisotopic (exact) mass is 536 g/mol. The van der Waals surface area contributed by atoms with Crippen LogP contribution in [0.2, 0.25) is 0 Å². The molecule has 0 aliphatic rings. The highest BCUT2D eigenvalue weighted by atomic mass is 35.5. The van der Waals surface area contributed by atoms with Crippen LogP contribution in [-0.2, 0) is 0 Å². The fraction of sp³-hybridized carbons (Fsp3) is 0. The Kier molecular flexibility index (Phi) is 8.65. The van der Waals surface area contributed by atoms with E-state index in [9.17, 15) is 0 Å². The summed E-state index contributed by atoms with van der Waals surface area (Å²) < 4.78 is 0. The van der Waals surface area contributed by atoms with Crippen LogP contribution in [0.15, 0.2) is 97.1 Å². The predicted octanol–water partition coefficient (Wildman–Crippen LogP) is 4.25. The van der Waals surface area contributed by atoms with Gasteiger partial charge >= 0.3 is 0 Å². The molecule has 0 bridgehead atoms. The van der Waals surface area contributed by atoms with Gasteiger partial charge in [-0.1, -0.05) is 97.1 Å². The van der Waals surface area contributed by atoms with Crippen molar-refractivity contribution < 1.29 is 0 Å². The number of nitrogens with two attached hydrogens (primary N) is 4. The minimum atomic E-state index is -0.0206. The first kappa shape index (κ1) is 28.4. The van der Waals surface area contributed by atoms with Crippen molar-refractivity contribution in [3.63, 3.8) is 0 Å². The van der Waals surface area contributed by atoms with Crippen LogP contribution in [0.1, 0.15) is 44.5 Å². The molecule has 0 amide bonds. The molecule has 12 N–H and O–H groups in total. The van der Waals surface area contributed by atoms with Gasteiger partial charge in [-0.3, -0.25) is 21.6 Å². The van der Waals surface area contributed by atoms with Crippen molar-refractivity contribution in [3.8, 4) is 0 Å². The molecular weight excluding hydrogens is 508 g/mol. The van der Waals surface area contributed by atoms with Crippen LogP contribution in [0.3, 0.4) is 0 Å². The summed E-state index contributed by atoms with van der Waals surface area (Å²) in [6.45, 7) is 0. The van der Waals surface area contributed by atoms with Crippen molar-refractivity contribution in [3.05, 3.63) is 142 Å². The summed E-state index contributed by atoms with van der Waals surface area (Å²) in [4.78, 5) is 0. The average molecular weight is 537 g/mol. The molecule has 0 radical (unpaired) electrons. The topological polar surface area (TPSA) is 199 Å². The standard InChI is InChI=1S/C30H28N8.ClH/c31-27(32)21-9-1-17(2-10-21)25(18-3-11-22(12-4-18)28(33)34)26(19-5-13-23(14-6-19)29(35)36)20-7-15-24(16-8-20)30(37)38;/h1-16H,(H3,31,32)(H3,33,34)(H3,35,36)(H3,37,38);1H. The lowest BCUT2D eigenvalue weighted by molar-refractivity contribution is 1.40. The number of amidine groups is 4. The summed E-state index contributed by atoms with van der Waals surface area (Å²) in [5, 5.41) is 31.1. The van der Waals surface area contributed by atoms with Crippen LogP contribution < -0.4 is 22.9 Å². The molecule has 0 fully saturated rings. The Morgan fingerprint density at radius 1 is 0.308 bits per heavy atom. The van der Waals surface area contributed by atoms with Gasteiger partial charge in [0.25, 0.3) is 0 Å². The molecule has 0 spiro atoms. The minimum absolute atomic E-state index is 0. The highest BCUT2D eigenvalue weighted by molar-refractivity contribution is 6.06. The molecule has 0 saturated heterocycles. The summed E-state index contributed by atoms with van der Waals surface area (Å²) in [7, 11) is 0. The maximum Gasteiger partial charge on any atom is 0.122 e. The molecule has 9 heteroatoms. The number of benzene rings is 4. The first-order chi connectivity index (χ1) is 18.2. The lowest BCUT2D eigenvalue weighted by Crippen LogP contribution is -2.12. The molecule has 0 unspecified atom stereocenters. The highest BCUT2D eigenvalue weighted by Crippen LogP contribution is 2.37. The summed E-state index contributed by atoms with van der Waals surface area (Å²) in [5.41, 5.74) is 30.5. The predicted molar refractivity (Wildman–Crippen MR) is 162 cm³/mol. The quantitative estimate of drug-likeness (QED) is 0.0945. The lowest BCUT2D eigenvalue weighted by atomic mass is 9.84. The molecule has 4 rings (SSSR count). The van der Waals surface area contributed by atoms with E-state index in [1.54, 1.807) is 48.5 Å². The number of hydrogen-bond donors (Lipinski definition) is 8. The minimum Gasteiger partial charge on any atom is -0.384 e. The van der Waals surface area contributed by atoms with Crippen LogP contribution in [0.4, 0.5) is 0 Å². The smallest absolute Gasteiger partial charge is 0.122 e. The zero-order valence-corrected chi connectivity index (χ0v) is 21.8. The molecule has 0 heterocycles. The molecule has 4 aromatic carbocycles. The van der Waals surface area contributed by atoms with E-state index in [-0.39, 0.29) is 35.7 Å².